The van der Waals surface area contributed by atoms with Crippen molar-refractivity contribution in [1.82, 2.24) is 4.90 Å². The topological polar surface area (TPSA) is 104 Å². The summed E-state index contributed by atoms with van der Waals surface area (Å²) in [4.78, 5) is 12.3. The van der Waals surface area contributed by atoms with Crippen molar-refractivity contribution >= 4 is 15.7 Å². The van der Waals surface area contributed by atoms with Gasteiger partial charge in [0.15, 0.2) is 9.84 Å². The molecule has 2 rings (SSSR count). The van der Waals surface area contributed by atoms with E-state index in [9.17, 15) is 36.0 Å². The van der Waals surface area contributed by atoms with E-state index in [0.717, 1.165) is 23.3 Å². The van der Waals surface area contributed by atoms with Crippen molar-refractivity contribution in [3.63, 3.8) is 0 Å². The molecule has 0 heterocycles. The Morgan fingerprint density at radius 1 is 1.12 bits per heavy atom. The molecular weight excluding hydrogens is 474 g/mol. The van der Waals surface area contributed by atoms with E-state index >= 15 is 0 Å². The molecule has 11 heteroatoms. The number of hydrogen-bond donors (Lipinski definition) is 1. The number of carbonyl (C=O) groups excluding carboxylic acids is 1. The van der Waals surface area contributed by atoms with Crippen molar-refractivity contribution in [2.45, 2.75) is 43.4 Å². The van der Waals surface area contributed by atoms with E-state index in [1.54, 1.807) is 19.9 Å². The van der Waals surface area contributed by atoms with Crippen LogP contribution in [0.3, 0.4) is 0 Å². The zero-order valence-corrected chi connectivity index (χ0v) is 19.6. The second-order valence-electron chi connectivity index (χ2n) is 8.36. The average Bonchev–Trinajstić information content (AvgIpc) is 2.70. The fourth-order valence-electron chi connectivity index (χ4n) is 3.73. The molecule has 0 radical (unpaired) electrons. The van der Waals surface area contributed by atoms with Crippen LogP contribution in [0, 0.1) is 23.1 Å². The minimum absolute atomic E-state index is 0.0354. The van der Waals surface area contributed by atoms with Crippen LogP contribution in [0.1, 0.15) is 31.9 Å². The number of nitriles is 1. The van der Waals surface area contributed by atoms with Gasteiger partial charge in [0.2, 0.25) is 5.91 Å². The number of sulfone groups is 1. The number of alkyl halides is 3. The van der Waals surface area contributed by atoms with Gasteiger partial charge in [-0.2, -0.15) is 18.4 Å². The summed E-state index contributed by atoms with van der Waals surface area (Å²) in [6.07, 6.45) is -3.93. The maximum Gasteiger partial charge on any atom is 0.408 e. The molecule has 0 spiro atoms. The second kappa shape index (κ2) is 10.5. The van der Waals surface area contributed by atoms with Crippen molar-refractivity contribution < 1.29 is 30.8 Å². The van der Waals surface area contributed by atoms with Crippen molar-refractivity contribution in [2.75, 3.05) is 12.8 Å². The normalized spacial score (nSPS) is 14.1. The fraction of sp³-hybridized carbons (Fsp3) is 0.391. The summed E-state index contributed by atoms with van der Waals surface area (Å²) >= 11 is 0. The standard InChI is InChI=1S/C23H25F4N3O3S/c1-14(2)12-19(22(29)31)30(11-10-28)21(23(25,26)27)16-6-4-15(5-7-16)17-8-9-20(18(24)13-17)34(3,32)33/h4-9,13-14,19,21H,11-12H2,1-3H3,(H2,29,31)/t19-,21-/m0/s1. The lowest BCUT2D eigenvalue weighted by atomic mass is 9.95. The van der Waals surface area contributed by atoms with Gasteiger partial charge in [-0.05, 0) is 41.2 Å². The Morgan fingerprint density at radius 3 is 2.09 bits per heavy atom. The number of nitrogens with zero attached hydrogens (tertiary/aromatic N) is 2. The molecule has 0 unspecified atom stereocenters. The van der Waals surface area contributed by atoms with Crippen LogP contribution >= 0.6 is 0 Å². The van der Waals surface area contributed by atoms with Gasteiger partial charge in [0.05, 0.1) is 18.7 Å². The second-order valence-corrected chi connectivity index (χ2v) is 10.3. The predicted molar refractivity (Wildman–Crippen MR) is 118 cm³/mol. The lowest BCUT2D eigenvalue weighted by Gasteiger charge is -2.37. The number of hydrogen-bond acceptors (Lipinski definition) is 5. The Hall–Kier alpha value is -2.97. The Morgan fingerprint density at radius 2 is 1.68 bits per heavy atom. The summed E-state index contributed by atoms with van der Waals surface area (Å²) in [5, 5.41) is 9.17. The monoisotopic (exact) mass is 499 g/mol. The summed E-state index contributed by atoms with van der Waals surface area (Å²) in [5.74, 6) is -2.09. The quantitative estimate of drug-likeness (QED) is 0.411. The molecule has 184 valence electrons. The maximum atomic E-state index is 14.2. The van der Waals surface area contributed by atoms with E-state index in [-0.39, 0.29) is 23.5 Å². The van der Waals surface area contributed by atoms with Gasteiger partial charge in [0.25, 0.3) is 0 Å². The summed E-state index contributed by atoms with van der Waals surface area (Å²) in [5.41, 5.74) is 5.79. The summed E-state index contributed by atoms with van der Waals surface area (Å²) in [6, 6.07) is 6.53. The molecule has 0 bridgehead atoms. The first-order valence-corrected chi connectivity index (χ1v) is 12.1. The third-order valence-electron chi connectivity index (χ3n) is 5.21. The Kier molecular flexibility index (Phi) is 8.45. The Balaban J connectivity index is 2.52. The molecule has 0 saturated carbocycles. The highest BCUT2D eigenvalue weighted by Gasteiger charge is 2.47. The van der Waals surface area contributed by atoms with E-state index in [0.29, 0.717) is 5.56 Å². The average molecular weight is 500 g/mol. The lowest BCUT2D eigenvalue weighted by Crippen LogP contribution is -2.51. The molecule has 2 aromatic rings. The lowest BCUT2D eigenvalue weighted by molar-refractivity contribution is -0.192. The summed E-state index contributed by atoms with van der Waals surface area (Å²) < 4.78 is 79.9. The molecule has 0 aliphatic carbocycles. The van der Waals surface area contributed by atoms with E-state index in [4.69, 9.17) is 5.73 Å². The van der Waals surface area contributed by atoms with E-state index in [1.807, 2.05) is 0 Å². The molecule has 0 aliphatic heterocycles. The third kappa shape index (κ3) is 6.55. The number of nitrogens with two attached hydrogens (primary N) is 1. The van der Waals surface area contributed by atoms with Crippen LogP contribution in [0.25, 0.3) is 11.1 Å². The smallest absolute Gasteiger partial charge is 0.368 e. The SMILES string of the molecule is CC(C)C[C@@H](C(N)=O)N(CC#N)[C@@H](c1ccc(-c2ccc(S(C)(=O)=O)c(F)c2)cc1)C(F)(F)F. The van der Waals surface area contributed by atoms with Gasteiger partial charge in [0, 0.05) is 6.26 Å². The van der Waals surface area contributed by atoms with Crippen molar-refractivity contribution in [3.05, 3.63) is 53.8 Å². The van der Waals surface area contributed by atoms with Crippen LogP contribution in [-0.2, 0) is 14.6 Å². The highest BCUT2D eigenvalue weighted by molar-refractivity contribution is 7.90. The highest BCUT2D eigenvalue weighted by atomic mass is 32.2. The van der Waals surface area contributed by atoms with Gasteiger partial charge in [-0.1, -0.05) is 44.2 Å². The molecule has 2 N–H and O–H groups in total. The molecule has 0 saturated heterocycles. The molecule has 6 nitrogen and oxygen atoms in total. The predicted octanol–water partition coefficient (Wildman–Crippen LogP) is 4.23. The fourth-order valence-corrected chi connectivity index (χ4v) is 4.46. The largest absolute Gasteiger partial charge is 0.408 e. The zero-order chi connectivity index (χ0) is 25.8. The summed E-state index contributed by atoms with van der Waals surface area (Å²) in [7, 11) is -3.78. The van der Waals surface area contributed by atoms with Gasteiger partial charge in [-0.3, -0.25) is 9.69 Å². The minimum Gasteiger partial charge on any atom is -0.368 e. The van der Waals surface area contributed by atoms with Crippen LogP contribution in [0.2, 0.25) is 0 Å². The maximum absolute atomic E-state index is 14.2. The number of carbonyl (C=O) groups is 1. The number of halogens is 4. The van der Waals surface area contributed by atoms with Gasteiger partial charge < -0.3 is 5.73 Å². The van der Waals surface area contributed by atoms with Crippen LogP contribution in [0.15, 0.2) is 47.4 Å². The molecule has 2 aromatic carbocycles. The van der Waals surface area contributed by atoms with Crippen molar-refractivity contribution in [2.24, 2.45) is 11.7 Å². The highest BCUT2D eigenvalue weighted by Crippen LogP contribution is 2.40. The first kappa shape index (κ1) is 27.3. The molecule has 2 atom stereocenters. The van der Waals surface area contributed by atoms with Crippen LogP contribution in [0.4, 0.5) is 17.6 Å². The van der Waals surface area contributed by atoms with Crippen LogP contribution in [-0.4, -0.2) is 44.2 Å². The summed E-state index contributed by atoms with van der Waals surface area (Å²) in [6.45, 7) is 2.78. The molecule has 0 fully saturated rings. The van der Waals surface area contributed by atoms with E-state index in [1.165, 1.54) is 30.3 Å². The van der Waals surface area contributed by atoms with Gasteiger partial charge in [0.1, 0.15) is 16.8 Å². The molecule has 0 aliphatic rings. The molecular formula is C23H25F4N3O3S. The number of rotatable bonds is 9. The van der Waals surface area contributed by atoms with E-state index < -0.39 is 51.3 Å². The molecule has 0 aromatic heterocycles. The van der Waals surface area contributed by atoms with Crippen LogP contribution < -0.4 is 5.73 Å². The van der Waals surface area contributed by atoms with Gasteiger partial charge >= 0.3 is 6.18 Å². The first-order chi connectivity index (χ1) is 15.7. The van der Waals surface area contributed by atoms with Crippen molar-refractivity contribution in [3.8, 4) is 17.2 Å². The third-order valence-corrected chi connectivity index (χ3v) is 6.34. The molecule has 34 heavy (non-hydrogen) atoms. The van der Waals surface area contributed by atoms with Crippen molar-refractivity contribution in [1.29, 1.82) is 5.26 Å². The molecule has 1 amide bonds. The van der Waals surface area contributed by atoms with Crippen LogP contribution in [0.5, 0.6) is 0 Å². The van der Waals surface area contributed by atoms with E-state index in [2.05, 4.69) is 0 Å². The zero-order valence-electron chi connectivity index (χ0n) is 18.8. The number of benzene rings is 2. The number of primary amides is 1. The minimum atomic E-state index is -4.83. The Labute approximate surface area is 195 Å². The van der Waals surface area contributed by atoms with Gasteiger partial charge in [-0.15, -0.1) is 0 Å². The number of amides is 1. The Bertz CT molecular complexity index is 1170. The van der Waals surface area contributed by atoms with Gasteiger partial charge in [-0.25, -0.2) is 12.8 Å². The first-order valence-electron chi connectivity index (χ1n) is 10.3.